The molecule has 1 aromatic heterocycles. The summed E-state index contributed by atoms with van der Waals surface area (Å²) in [6.45, 7) is 1.64. The summed E-state index contributed by atoms with van der Waals surface area (Å²) < 4.78 is 28.9. The first-order valence-electron chi connectivity index (χ1n) is 6.74. The molecular formula is C15H20N2O3S. The molecule has 1 atom stereocenters. The molecule has 5 nitrogen and oxygen atoms in total. The highest BCUT2D eigenvalue weighted by molar-refractivity contribution is 7.89. The van der Waals surface area contributed by atoms with Crippen LogP contribution in [0.25, 0.3) is 0 Å². The fourth-order valence-corrected chi connectivity index (χ4v) is 3.56. The van der Waals surface area contributed by atoms with E-state index in [0.29, 0.717) is 12.1 Å². The first kappa shape index (κ1) is 15.8. The van der Waals surface area contributed by atoms with Crippen LogP contribution in [0.4, 0.5) is 0 Å². The van der Waals surface area contributed by atoms with Gasteiger partial charge < -0.3 is 9.67 Å². The molecule has 6 heteroatoms. The Hall–Kier alpha value is -1.63. The Morgan fingerprint density at radius 2 is 1.95 bits per heavy atom. The van der Waals surface area contributed by atoms with Crippen molar-refractivity contribution in [2.45, 2.75) is 30.9 Å². The third-order valence-electron chi connectivity index (χ3n) is 3.30. The summed E-state index contributed by atoms with van der Waals surface area (Å²) in [5.74, 6) is 0. The molecule has 0 saturated carbocycles. The summed E-state index contributed by atoms with van der Waals surface area (Å²) in [6.07, 6.45) is 2.13. The second-order valence-electron chi connectivity index (χ2n) is 5.15. The number of hydrogen-bond acceptors (Lipinski definition) is 3. The fraction of sp³-hybridized carbons (Fsp3) is 0.333. The van der Waals surface area contributed by atoms with Crippen LogP contribution in [0.2, 0.25) is 0 Å². The third kappa shape index (κ3) is 3.93. The number of nitrogens with one attached hydrogen (secondary N) is 1. The molecule has 21 heavy (non-hydrogen) atoms. The number of aliphatic hydroxyl groups is 1. The SMILES string of the molecule is CC(Cc1ccccc1)NS(=O)(=O)c1cc(CO)n(C)c1. The molecule has 0 bridgehead atoms. The summed E-state index contributed by atoms with van der Waals surface area (Å²) in [5.41, 5.74) is 1.64. The maximum absolute atomic E-state index is 12.3. The highest BCUT2D eigenvalue weighted by Gasteiger charge is 2.20. The molecule has 1 heterocycles. The number of aromatic nitrogens is 1. The van der Waals surface area contributed by atoms with Gasteiger partial charge in [0, 0.05) is 25.0 Å². The van der Waals surface area contributed by atoms with Gasteiger partial charge in [-0.15, -0.1) is 0 Å². The summed E-state index contributed by atoms with van der Waals surface area (Å²) in [4.78, 5) is 0.175. The molecule has 0 saturated heterocycles. The number of benzene rings is 1. The molecule has 0 aliphatic heterocycles. The molecule has 0 amide bonds. The lowest BCUT2D eigenvalue weighted by atomic mass is 10.1. The zero-order valence-electron chi connectivity index (χ0n) is 12.2. The predicted molar refractivity (Wildman–Crippen MR) is 81.3 cm³/mol. The molecular weight excluding hydrogens is 288 g/mol. The molecule has 2 rings (SSSR count). The number of sulfonamides is 1. The maximum Gasteiger partial charge on any atom is 0.242 e. The molecule has 0 aliphatic rings. The van der Waals surface area contributed by atoms with Crippen LogP contribution in [0.3, 0.4) is 0 Å². The number of nitrogens with zero attached hydrogens (tertiary/aromatic N) is 1. The van der Waals surface area contributed by atoms with E-state index in [1.807, 2.05) is 37.3 Å². The van der Waals surface area contributed by atoms with E-state index in [9.17, 15) is 8.42 Å². The van der Waals surface area contributed by atoms with Gasteiger partial charge in [-0.25, -0.2) is 13.1 Å². The van der Waals surface area contributed by atoms with Crippen LogP contribution in [0, 0.1) is 0 Å². The van der Waals surface area contributed by atoms with Crippen LogP contribution in [0.15, 0.2) is 47.5 Å². The van der Waals surface area contributed by atoms with Crippen molar-refractivity contribution in [2.75, 3.05) is 0 Å². The minimum atomic E-state index is -3.57. The van der Waals surface area contributed by atoms with Gasteiger partial charge in [0.05, 0.1) is 11.5 Å². The van der Waals surface area contributed by atoms with Gasteiger partial charge in [0.15, 0.2) is 0 Å². The summed E-state index contributed by atoms with van der Waals surface area (Å²) in [7, 11) is -1.87. The van der Waals surface area contributed by atoms with Gasteiger partial charge >= 0.3 is 0 Å². The highest BCUT2D eigenvalue weighted by Crippen LogP contribution is 2.14. The Morgan fingerprint density at radius 3 is 2.52 bits per heavy atom. The molecule has 1 unspecified atom stereocenters. The van der Waals surface area contributed by atoms with Gasteiger partial charge in [0.2, 0.25) is 10.0 Å². The quantitative estimate of drug-likeness (QED) is 0.848. The Morgan fingerprint density at radius 1 is 1.29 bits per heavy atom. The predicted octanol–water partition coefficient (Wildman–Crippen LogP) is 1.43. The average Bonchev–Trinajstić information content (AvgIpc) is 2.81. The van der Waals surface area contributed by atoms with E-state index < -0.39 is 10.0 Å². The van der Waals surface area contributed by atoms with E-state index in [-0.39, 0.29) is 17.5 Å². The molecule has 1 aromatic carbocycles. The van der Waals surface area contributed by atoms with Crippen molar-refractivity contribution in [1.82, 2.24) is 9.29 Å². The summed E-state index contributed by atoms with van der Waals surface area (Å²) in [5, 5.41) is 9.14. The van der Waals surface area contributed by atoms with Crippen LogP contribution in [-0.2, 0) is 30.1 Å². The smallest absolute Gasteiger partial charge is 0.242 e. The van der Waals surface area contributed by atoms with Crippen LogP contribution in [0.1, 0.15) is 18.2 Å². The normalized spacial score (nSPS) is 13.3. The summed E-state index contributed by atoms with van der Waals surface area (Å²) >= 11 is 0. The average molecular weight is 308 g/mol. The highest BCUT2D eigenvalue weighted by atomic mass is 32.2. The minimum absolute atomic E-state index is 0.175. The number of aryl methyl sites for hydroxylation is 1. The van der Waals surface area contributed by atoms with Crippen molar-refractivity contribution in [3.8, 4) is 0 Å². The first-order valence-corrected chi connectivity index (χ1v) is 8.23. The first-order chi connectivity index (χ1) is 9.92. The molecule has 2 N–H and O–H groups in total. The standard InChI is InChI=1S/C15H20N2O3S/c1-12(8-13-6-4-3-5-7-13)16-21(19,20)15-9-14(11-18)17(2)10-15/h3-7,9-10,12,16,18H,8,11H2,1-2H3. The zero-order chi connectivity index (χ0) is 15.5. The lowest BCUT2D eigenvalue weighted by Gasteiger charge is -2.13. The second kappa shape index (κ2) is 6.43. The van der Waals surface area contributed by atoms with Crippen molar-refractivity contribution < 1.29 is 13.5 Å². The topological polar surface area (TPSA) is 71.3 Å². The van der Waals surface area contributed by atoms with Crippen molar-refractivity contribution in [2.24, 2.45) is 7.05 Å². The molecule has 114 valence electrons. The molecule has 0 fully saturated rings. The van der Waals surface area contributed by atoms with Gasteiger partial charge in [-0.2, -0.15) is 0 Å². The Bertz CT molecular complexity index is 693. The Kier molecular flexibility index (Phi) is 4.82. The van der Waals surface area contributed by atoms with E-state index in [1.54, 1.807) is 11.6 Å². The van der Waals surface area contributed by atoms with Crippen molar-refractivity contribution >= 4 is 10.0 Å². The van der Waals surface area contributed by atoms with Crippen LogP contribution in [-0.4, -0.2) is 24.1 Å². The van der Waals surface area contributed by atoms with Gasteiger partial charge in [-0.1, -0.05) is 30.3 Å². The molecule has 0 radical (unpaired) electrons. The number of rotatable bonds is 6. The third-order valence-corrected chi connectivity index (χ3v) is 4.85. The van der Waals surface area contributed by atoms with E-state index in [0.717, 1.165) is 5.56 Å². The van der Waals surface area contributed by atoms with Crippen molar-refractivity contribution in [1.29, 1.82) is 0 Å². The van der Waals surface area contributed by atoms with Crippen molar-refractivity contribution in [3.05, 3.63) is 53.9 Å². The zero-order valence-corrected chi connectivity index (χ0v) is 13.0. The Balaban J connectivity index is 2.09. The number of aliphatic hydroxyl groups excluding tert-OH is 1. The monoisotopic (exact) mass is 308 g/mol. The maximum atomic E-state index is 12.3. The van der Waals surface area contributed by atoms with E-state index in [1.165, 1.54) is 12.3 Å². The van der Waals surface area contributed by atoms with E-state index in [4.69, 9.17) is 5.11 Å². The van der Waals surface area contributed by atoms with Gasteiger partial charge in [-0.05, 0) is 25.0 Å². The Labute approximate surface area is 125 Å². The van der Waals surface area contributed by atoms with Crippen LogP contribution >= 0.6 is 0 Å². The van der Waals surface area contributed by atoms with Gasteiger partial charge in [0.1, 0.15) is 0 Å². The second-order valence-corrected chi connectivity index (χ2v) is 6.86. The fourth-order valence-electron chi connectivity index (χ4n) is 2.22. The molecule has 2 aromatic rings. The van der Waals surface area contributed by atoms with E-state index >= 15 is 0 Å². The van der Waals surface area contributed by atoms with Crippen LogP contribution in [0.5, 0.6) is 0 Å². The van der Waals surface area contributed by atoms with Crippen molar-refractivity contribution in [3.63, 3.8) is 0 Å². The number of hydrogen-bond donors (Lipinski definition) is 2. The van der Waals surface area contributed by atoms with Gasteiger partial charge in [0.25, 0.3) is 0 Å². The minimum Gasteiger partial charge on any atom is -0.390 e. The lowest BCUT2D eigenvalue weighted by Crippen LogP contribution is -2.33. The van der Waals surface area contributed by atoms with Crippen LogP contribution < -0.4 is 4.72 Å². The van der Waals surface area contributed by atoms with E-state index in [2.05, 4.69) is 4.72 Å². The molecule has 0 spiro atoms. The van der Waals surface area contributed by atoms with Gasteiger partial charge in [-0.3, -0.25) is 0 Å². The lowest BCUT2D eigenvalue weighted by molar-refractivity contribution is 0.272. The molecule has 0 aliphatic carbocycles. The summed E-state index contributed by atoms with van der Waals surface area (Å²) in [6, 6.07) is 11.0. The largest absolute Gasteiger partial charge is 0.390 e.